The molecule has 3 aromatic carbocycles. The van der Waals surface area contributed by atoms with Crippen LogP contribution in [0.3, 0.4) is 0 Å². The zero-order chi connectivity index (χ0) is 22.8. The highest BCUT2D eigenvalue weighted by Crippen LogP contribution is 2.47. The van der Waals surface area contributed by atoms with Crippen LogP contribution < -0.4 is 19.9 Å². The second-order valence-corrected chi connectivity index (χ2v) is 7.92. The Bertz CT molecular complexity index is 1270. The highest BCUT2D eigenvalue weighted by molar-refractivity contribution is 9.10. The number of hydrogen-bond acceptors (Lipinski definition) is 6. The smallest absolute Gasteiger partial charge is 0.205 e. The van der Waals surface area contributed by atoms with Crippen LogP contribution >= 0.6 is 15.9 Å². The van der Waals surface area contributed by atoms with Crippen LogP contribution in [0.1, 0.15) is 22.6 Å². The number of rotatable bonds is 5. The number of nitrogens with two attached hydrogens (primary N) is 1. The van der Waals surface area contributed by atoms with E-state index in [4.69, 9.17) is 19.9 Å². The standard InChI is InChI=1S/C24H18BrFN2O4/c1-30-21-9-14(8-18(25)23(21)31-12-13-4-2-3-5-19(13)26)22-16-7-6-15(29)10-20(16)32-24(28)17(22)11-27/h2-10,22,29H,12,28H2,1H3/t22-/m0/s1. The third-order valence-electron chi connectivity index (χ3n) is 5.12. The van der Waals surface area contributed by atoms with Crippen molar-refractivity contribution in [2.45, 2.75) is 12.5 Å². The number of methoxy groups -OCH3 is 1. The van der Waals surface area contributed by atoms with Crippen molar-refractivity contribution >= 4 is 15.9 Å². The first-order valence-corrected chi connectivity index (χ1v) is 10.4. The van der Waals surface area contributed by atoms with E-state index in [0.717, 1.165) is 0 Å². The Labute approximate surface area is 192 Å². The summed E-state index contributed by atoms with van der Waals surface area (Å²) in [5.41, 5.74) is 8.00. The molecule has 1 aliphatic heterocycles. The number of halogens is 2. The summed E-state index contributed by atoms with van der Waals surface area (Å²) in [6.07, 6.45) is 0. The lowest BCUT2D eigenvalue weighted by Crippen LogP contribution is -2.21. The lowest BCUT2D eigenvalue weighted by Gasteiger charge is -2.27. The monoisotopic (exact) mass is 496 g/mol. The summed E-state index contributed by atoms with van der Waals surface area (Å²) >= 11 is 3.51. The van der Waals surface area contributed by atoms with Gasteiger partial charge in [0.1, 0.15) is 35.6 Å². The normalized spacial score (nSPS) is 14.9. The van der Waals surface area contributed by atoms with Crippen LogP contribution in [0.5, 0.6) is 23.0 Å². The van der Waals surface area contributed by atoms with E-state index < -0.39 is 5.92 Å². The molecule has 0 aliphatic carbocycles. The summed E-state index contributed by atoms with van der Waals surface area (Å²) < 4.78 is 31.5. The Kier molecular flexibility index (Phi) is 5.93. The van der Waals surface area contributed by atoms with E-state index >= 15 is 0 Å². The van der Waals surface area contributed by atoms with E-state index in [9.17, 15) is 14.8 Å². The molecule has 0 bridgehead atoms. The molecule has 0 fully saturated rings. The highest BCUT2D eigenvalue weighted by Gasteiger charge is 2.32. The maximum absolute atomic E-state index is 14.0. The molecule has 6 nitrogen and oxygen atoms in total. The van der Waals surface area contributed by atoms with Gasteiger partial charge >= 0.3 is 0 Å². The molecule has 1 aliphatic rings. The van der Waals surface area contributed by atoms with E-state index in [0.29, 0.717) is 38.4 Å². The minimum Gasteiger partial charge on any atom is -0.508 e. The summed E-state index contributed by atoms with van der Waals surface area (Å²) in [5.74, 6) is 0.232. The fourth-order valence-electron chi connectivity index (χ4n) is 3.60. The molecule has 32 heavy (non-hydrogen) atoms. The summed E-state index contributed by atoms with van der Waals surface area (Å²) in [5, 5.41) is 19.6. The van der Waals surface area contributed by atoms with Gasteiger partial charge in [0.2, 0.25) is 5.88 Å². The van der Waals surface area contributed by atoms with Crippen LogP contribution in [0.2, 0.25) is 0 Å². The van der Waals surface area contributed by atoms with E-state index in [2.05, 4.69) is 22.0 Å². The topological polar surface area (TPSA) is 97.7 Å². The highest BCUT2D eigenvalue weighted by atomic mass is 79.9. The number of benzene rings is 3. The van der Waals surface area contributed by atoms with Crippen molar-refractivity contribution in [3.05, 3.63) is 93.0 Å². The lowest BCUT2D eigenvalue weighted by atomic mass is 9.83. The van der Waals surface area contributed by atoms with Crippen LogP contribution in [0.25, 0.3) is 0 Å². The van der Waals surface area contributed by atoms with Gasteiger partial charge in [0.05, 0.1) is 17.5 Å². The van der Waals surface area contributed by atoms with Crippen molar-refractivity contribution in [3.8, 4) is 29.1 Å². The molecule has 0 aromatic heterocycles. The van der Waals surface area contributed by atoms with E-state index in [1.54, 1.807) is 36.4 Å². The molecule has 8 heteroatoms. The molecule has 0 spiro atoms. The van der Waals surface area contributed by atoms with Gasteiger partial charge in [-0.25, -0.2) is 4.39 Å². The zero-order valence-electron chi connectivity index (χ0n) is 16.9. The van der Waals surface area contributed by atoms with Gasteiger partial charge in [-0.2, -0.15) is 5.26 Å². The SMILES string of the molecule is COc1cc([C@@H]2C(C#N)=C(N)Oc3cc(O)ccc32)cc(Br)c1OCc1ccccc1F. The van der Waals surface area contributed by atoms with Gasteiger partial charge in [-0.1, -0.05) is 24.3 Å². The van der Waals surface area contributed by atoms with E-state index in [1.165, 1.54) is 25.3 Å². The first kappa shape index (κ1) is 21.5. The van der Waals surface area contributed by atoms with Gasteiger partial charge in [0.25, 0.3) is 0 Å². The molecule has 0 unspecified atom stereocenters. The number of aromatic hydroxyl groups is 1. The van der Waals surface area contributed by atoms with E-state index in [1.807, 2.05) is 0 Å². The van der Waals surface area contributed by atoms with Crippen LogP contribution in [0.15, 0.2) is 70.5 Å². The number of allylic oxidation sites excluding steroid dienone is 1. The maximum Gasteiger partial charge on any atom is 0.205 e. The molecule has 4 rings (SSSR count). The van der Waals surface area contributed by atoms with E-state index in [-0.39, 0.29) is 29.6 Å². The second-order valence-electron chi connectivity index (χ2n) is 7.06. The van der Waals surface area contributed by atoms with Crippen molar-refractivity contribution in [2.24, 2.45) is 5.73 Å². The lowest BCUT2D eigenvalue weighted by molar-refractivity contribution is 0.277. The van der Waals surface area contributed by atoms with Crippen molar-refractivity contribution < 1.29 is 23.7 Å². The third-order valence-corrected chi connectivity index (χ3v) is 5.71. The van der Waals surface area contributed by atoms with Crippen molar-refractivity contribution in [3.63, 3.8) is 0 Å². The van der Waals surface area contributed by atoms with Gasteiger partial charge < -0.3 is 25.1 Å². The number of nitrogens with zero attached hydrogens (tertiary/aromatic N) is 1. The third kappa shape index (κ3) is 3.95. The number of phenolic OH excluding ortho intramolecular Hbond substituents is 1. The Balaban J connectivity index is 1.76. The number of fused-ring (bicyclic) bond motifs is 1. The largest absolute Gasteiger partial charge is 0.508 e. The molecule has 0 saturated heterocycles. The predicted molar refractivity (Wildman–Crippen MR) is 119 cm³/mol. The number of hydrogen-bond donors (Lipinski definition) is 2. The molecule has 1 heterocycles. The molecule has 3 aromatic rings. The van der Waals surface area contributed by atoms with Gasteiger partial charge in [0, 0.05) is 17.2 Å². The average molecular weight is 497 g/mol. The Morgan fingerprint density at radius 1 is 1.22 bits per heavy atom. The Morgan fingerprint density at radius 3 is 2.72 bits per heavy atom. The van der Waals surface area contributed by atoms with Crippen LogP contribution in [0, 0.1) is 17.1 Å². The minimum absolute atomic E-state index is 0.0106. The Morgan fingerprint density at radius 2 is 2.00 bits per heavy atom. The number of phenols is 1. The number of ether oxygens (including phenoxy) is 3. The van der Waals surface area contributed by atoms with Crippen molar-refractivity contribution in [1.82, 2.24) is 0 Å². The molecular weight excluding hydrogens is 479 g/mol. The Hall–Kier alpha value is -3.70. The van der Waals surface area contributed by atoms with Gasteiger partial charge in [-0.3, -0.25) is 0 Å². The van der Waals surface area contributed by atoms with Gasteiger partial charge in [-0.05, 0) is 45.8 Å². The summed E-state index contributed by atoms with van der Waals surface area (Å²) in [4.78, 5) is 0. The quantitative estimate of drug-likeness (QED) is 0.509. The number of nitriles is 1. The fraction of sp³-hybridized carbons (Fsp3) is 0.125. The fourth-order valence-corrected chi connectivity index (χ4v) is 4.17. The molecule has 162 valence electrons. The molecule has 1 atom stereocenters. The summed E-state index contributed by atoms with van der Waals surface area (Å²) in [7, 11) is 1.49. The molecule has 0 radical (unpaired) electrons. The molecule has 3 N–H and O–H groups in total. The molecule has 0 saturated carbocycles. The van der Waals surface area contributed by atoms with Gasteiger partial charge in [-0.15, -0.1) is 0 Å². The maximum atomic E-state index is 14.0. The van der Waals surface area contributed by atoms with Crippen molar-refractivity contribution in [2.75, 3.05) is 7.11 Å². The second kappa shape index (κ2) is 8.81. The van der Waals surface area contributed by atoms with Crippen LogP contribution in [-0.4, -0.2) is 12.2 Å². The summed E-state index contributed by atoms with van der Waals surface area (Å²) in [6, 6.07) is 16.6. The average Bonchev–Trinajstić information content (AvgIpc) is 2.77. The van der Waals surface area contributed by atoms with Gasteiger partial charge in [0.15, 0.2) is 11.5 Å². The summed E-state index contributed by atoms with van der Waals surface area (Å²) in [6.45, 7) is 0.0106. The minimum atomic E-state index is -0.546. The van der Waals surface area contributed by atoms with Crippen LogP contribution in [0.4, 0.5) is 4.39 Å². The molecule has 0 amide bonds. The zero-order valence-corrected chi connectivity index (χ0v) is 18.5. The van der Waals surface area contributed by atoms with Crippen LogP contribution in [-0.2, 0) is 6.61 Å². The predicted octanol–water partition coefficient (Wildman–Crippen LogP) is 5.10. The van der Waals surface area contributed by atoms with Crippen molar-refractivity contribution in [1.29, 1.82) is 5.26 Å². The first-order chi connectivity index (χ1) is 15.4. The molecular formula is C24H18BrFN2O4. The first-order valence-electron chi connectivity index (χ1n) is 9.57.